The van der Waals surface area contributed by atoms with E-state index >= 15 is 0 Å². The number of aryl methyl sites for hydroxylation is 1. The van der Waals surface area contributed by atoms with E-state index in [0.717, 1.165) is 11.6 Å². The van der Waals surface area contributed by atoms with Gasteiger partial charge in [0.1, 0.15) is 11.6 Å². The van der Waals surface area contributed by atoms with E-state index in [4.69, 9.17) is 16.3 Å². The van der Waals surface area contributed by atoms with E-state index in [1.807, 2.05) is 13.0 Å². The average molecular weight is 365 g/mol. The van der Waals surface area contributed by atoms with Crippen molar-refractivity contribution in [2.24, 2.45) is 0 Å². The summed E-state index contributed by atoms with van der Waals surface area (Å²) in [6.07, 6.45) is -0.825. The first-order valence-corrected chi connectivity index (χ1v) is 7.95. The fourth-order valence-corrected chi connectivity index (χ4v) is 2.24. The van der Waals surface area contributed by atoms with Crippen LogP contribution in [0, 0.1) is 12.7 Å². The fraction of sp³-hybridized carbons (Fsp3) is 0.222. The summed E-state index contributed by atoms with van der Waals surface area (Å²) in [5.41, 5.74) is 1.27. The molecule has 2 aromatic carbocycles. The number of nitrogens with one attached hydrogen (secondary N) is 2. The third-order valence-corrected chi connectivity index (χ3v) is 3.62. The zero-order chi connectivity index (χ0) is 18.6. The van der Waals surface area contributed by atoms with Crippen LogP contribution in [-0.2, 0) is 9.59 Å². The van der Waals surface area contributed by atoms with Crippen LogP contribution in [0.4, 0.5) is 15.8 Å². The van der Waals surface area contributed by atoms with Crippen LogP contribution >= 0.6 is 11.6 Å². The first-order valence-electron chi connectivity index (χ1n) is 7.57. The molecule has 2 amide bonds. The maximum absolute atomic E-state index is 13.6. The molecule has 5 nitrogen and oxygen atoms in total. The van der Waals surface area contributed by atoms with Crippen LogP contribution in [0.3, 0.4) is 0 Å². The Labute approximate surface area is 150 Å². The Morgan fingerprint density at radius 2 is 1.88 bits per heavy atom. The zero-order valence-electron chi connectivity index (χ0n) is 14.0. The first kappa shape index (κ1) is 18.7. The van der Waals surface area contributed by atoms with E-state index in [2.05, 4.69) is 10.6 Å². The number of ether oxygens (including phenoxy) is 1. The lowest BCUT2D eigenvalue weighted by atomic mass is 10.2. The third kappa shape index (κ3) is 5.19. The van der Waals surface area contributed by atoms with Gasteiger partial charge >= 0.3 is 0 Å². The predicted molar refractivity (Wildman–Crippen MR) is 95.6 cm³/mol. The van der Waals surface area contributed by atoms with Crippen molar-refractivity contribution in [2.45, 2.75) is 26.9 Å². The van der Waals surface area contributed by atoms with Crippen LogP contribution in [0.1, 0.15) is 19.4 Å². The molecular formula is C18H18ClFN2O3. The summed E-state index contributed by atoms with van der Waals surface area (Å²) >= 11 is 6.05. The molecule has 0 heterocycles. The van der Waals surface area contributed by atoms with Crippen molar-refractivity contribution in [1.82, 2.24) is 0 Å². The van der Waals surface area contributed by atoms with Crippen molar-refractivity contribution in [2.75, 3.05) is 10.6 Å². The second-order valence-corrected chi connectivity index (χ2v) is 5.97. The monoisotopic (exact) mass is 364 g/mol. The summed E-state index contributed by atoms with van der Waals surface area (Å²) in [5, 5.41) is 5.37. The topological polar surface area (TPSA) is 67.4 Å². The van der Waals surface area contributed by atoms with Gasteiger partial charge in [0.15, 0.2) is 6.10 Å². The van der Waals surface area contributed by atoms with Crippen LogP contribution in [0.5, 0.6) is 5.75 Å². The lowest BCUT2D eigenvalue weighted by Gasteiger charge is -2.16. The Morgan fingerprint density at radius 1 is 1.16 bits per heavy atom. The lowest BCUT2D eigenvalue weighted by molar-refractivity contribution is -0.122. The van der Waals surface area contributed by atoms with Crippen LogP contribution in [-0.4, -0.2) is 17.9 Å². The van der Waals surface area contributed by atoms with E-state index in [9.17, 15) is 14.0 Å². The molecule has 0 aliphatic rings. The summed E-state index contributed by atoms with van der Waals surface area (Å²) < 4.78 is 19.2. The Balaban J connectivity index is 2.08. The molecule has 0 aliphatic heterocycles. The molecule has 0 radical (unpaired) electrons. The van der Waals surface area contributed by atoms with Crippen molar-refractivity contribution in [3.8, 4) is 5.75 Å². The van der Waals surface area contributed by atoms with Gasteiger partial charge in [-0.15, -0.1) is 0 Å². The molecule has 1 atom stereocenters. The highest BCUT2D eigenvalue weighted by Crippen LogP contribution is 2.26. The molecule has 0 saturated heterocycles. The highest BCUT2D eigenvalue weighted by atomic mass is 35.5. The summed E-state index contributed by atoms with van der Waals surface area (Å²) in [6.45, 7) is 4.73. The first-order chi connectivity index (χ1) is 11.8. The van der Waals surface area contributed by atoms with Crippen LogP contribution in [0.15, 0.2) is 36.4 Å². The minimum Gasteiger partial charge on any atom is -0.479 e. The molecule has 0 bridgehead atoms. The summed E-state index contributed by atoms with van der Waals surface area (Å²) in [4.78, 5) is 23.3. The molecule has 0 aliphatic carbocycles. The van der Waals surface area contributed by atoms with Crippen LogP contribution < -0.4 is 15.4 Å². The molecule has 2 aromatic rings. The summed E-state index contributed by atoms with van der Waals surface area (Å²) in [7, 11) is 0. The maximum Gasteiger partial charge on any atom is 0.265 e. The molecule has 0 spiro atoms. The second kappa shape index (κ2) is 7.98. The van der Waals surface area contributed by atoms with Gasteiger partial charge in [-0.3, -0.25) is 9.59 Å². The van der Waals surface area contributed by atoms with E-state index in [1.165, 1.54) is 19.1 Å². The molecule has 0 saturated carbocycles. The number of halogens is 2. The van der Waals surface area contributed by atoms with E-state index in [0.29, 0.717) is 16.5 Å². The highest BCUT2D eigenvalue weighted by Gasteiger charge is 2.17. The van der Waals surface area contributed by atoms with Crippen molar-refractivity contribution in [3.05, 3.63) is 52.8 Å². The predicted octanol–water partition coefficient (Wildman–Crippen LogP) is 4.15. The Hall–Kier alpha value is -2.60. The number of hydrogen-bond donors (Lipinski definition) is 2. The average Bonchev–Trinajstić information content (AvgIpc) is 2.53. The third-order valence-electron chi connectivity index (χ3n) is 3.30. The van der Waals surface area contributed by atoms with Crippen molar-refractivity contribution in [1.29, 1.82) is 0 Å². The van der Waals surface area contributed by atoms with Gasteiger partial charge in [0.2, 0.25) is 5.91 Å². The molecule has 7 heteroatoms. The number of rotatable bonds is 5. The molecule has 0 fully saturated rings. The minimum absolute atomic E-state index is 0.0133. The maximum atomic E-state index is 13.6. The summed E-state index contributed by atoms with van der Waals surface area (Å²) in [5.74, 6) is -1.03. The SMILES string of the molecule is CC(=O)Nc1cc(NC(=O)C(C)Oc2cc(C)ccc2Cl)ccc1F. The van der Waals surface area contributed by atoms with Gasteiger partial charge in [-0.2, -0.15) is 0 Å². The quantitative estimate of drug-likeness (QED) is 0.837. The molecular weight excluding hydrogens is 347 g/mol. The standard InChI is InChI=1S/C18H18ClFN2O3/c1-10-4-6-14(19)17(8-10)25-11(2)18(24)22-13-5-7-15(20)16(9-13)21-12(3)23/h4-9,11H,1-3H3,(H,21,23)(H,22,24). The number of carbonyl (C=O) groups is 2. The molecule has 2 rings (SSSR count). The van der Waals surface area contributed by atoms with Gasteiger partial charge in [0.05, 0.1) is 10.7 Å². The molecule has 0 aromatic heterocycles. The van der Waals surface area contributed by atoms with Crippen LogP contribution in [0.25, 0.3) is 0 Å². The van der Waals surface area contributed by atoms with Gasteiger partial charge in [-0.1, -0.05) is 17.7 Å². The molecule has 132 valence electrons. The minimum atomic E-state index is -0.825. The number of anilines is 2. The van der Waals surface area contributed by atoms with Gasteiger partial charge < -0.3 is 15.4 Å². The highest BCUT2D eigenvalue weighted by molar-refractivity contribution is 6.32. The second-order valence-electron chi connectivity index (χ2n) is 5.56. The molecule has 1 unspecified atom stereocenters. The number of hydrogen-bond acceptors (Lipinski definition) is 3. The normalized spacial score (nSPS) is 11.6. The Kier molecular flexibility index (Phi) is 5.98. The van der Waals surface area contributed by atoms with Crippen molar-refractivity contribution in [3.63, 3.8) is 0 Å². The van der Waals surface area contributed by atoms with Gasteiger partial charge in [0, 0.05) is 12.6 Å². The van der Waals surface area contributed by atoms with Crippen molar-refractivity contribution >= 4 is 34.8 Å². The van der Waals surface area contributed by atoms with Crippen LogP contribution in [0.2, 0.25) is 5.02 Å². The van der Waals surface area contributed by atoms with Gasteiger partial charge in [-0.25, -0.2) is 4.39 Å². The number of amides is 2. The number of benzene rings is 2. The fourth-order valence-electron chi connectivity index (χ4n) is 2.08. The largest absolute Gasteiger partial charge is 0.479 e. The Bertz CT molecular complexity index is 811. The smallest absolute Gasteiger partial charge is 0.265 e. The van der Waals surface area contributed by atoms with E-state index in [-0.39, 0.29) is 5.69 Å². The number of carbonyl (C=O) groups excluding carboxylic acids is 2. The van der Waals surface area contributed by atoms with Crippen molar-refractivity contribution < 1.29 is 18.7 Å². The molecule has 25 heavy (non-hydrogen) atoms. The zero-order valence-corrected chi connectivity index (χ0v) is 14.8. The Morgan fingerprint density at radius 3 is 2.56 bits per heavy atom. The van der Waals surface area contributed by atoms with E-state index in [1.54, 1.807) is 19.1 Å². The molecule has 2 N–H and O–H groups in total. The van der Waals surface area contributed by atoms with E-state index < -0.39 is 23.7 Å². The van der Waals surface area contributed by atoms with Gasteiger partial charge in [-0.05, 0) is 49.7 Å². The van der Waals surface area contributed by atoms with Gasteiger partial charge in [0.25, 0.3) is 5.91 Å². The summed E-state index contributed by atoms with van der Waals surface area (Å²) in [6, 6.07) is 9.15. The lowest BCUT2D eigenvalue weighted by Crippen LogP contribution is -2.30.